The van der Waals surface area contributed by atoms with Crippen LogP contribution < -0.4 is 5.32 Å². The number of halogens is 1. The Kier molecular flexibility index (Phi) is 6.36. The predicted octanol–water partition coefficient (Wildman–Crippen LogP) is 3.81. The maximum atomic E-state index is 13.5. The van der Waals surface area contributed by atoms with Gasteiger partial charge in [-0.2, -0.15) is 0 Å². The number of aryl methyl sites for hydroxylation is 1. The van der Waals surface area contributed by atoms with Crippen LogP contribution in [0.4, 0.5) is 10.3 Å². The first-order valence-corrected chi connectivity index (χ1v) is 10.9. The lowest BCUT2D eigenvalue weighted by Crippen LogP contribution is -2.18. The zero-order chi connectivity index (χ0) is 22.5. The summed E-state index contributed by atoms with van der Waals surface area (Å²) in [6.07, 6.45) is 8.36. The van der Waals surface area contributed by atoms with Crippen LogP contribution in [0.25, 0.3) is 22.6 Å². The number of aromatic amines is 1. The van der Waals surface area contributed by atoms with Crippen molar-refractivity contribution in [3.05, 3.63) is 66.9 Å². The highest BCUT2D eigenvalue weighted by molar-refractivity contribution is 5.77. The average molecular weight is 449 g/mol. The van der Waals surface area contributed by atoms with Crippen molar-refractivity contribution < 1.29 is 13.9 Å². The number of anilines is 1. The number of H-pyrrole nitrogens is 1. The van der Waals surface area contributed by atoms with Crippen LogP contribution >= 0.6 is 0 Å². The van der Waals surface area contributed by atoms with Crippen LogP contribution in [0.1, 0.15) is 25.0 Å². The molecule has 0 atom stereocenters. The highest BCUT2D eigenvalue weighted by Crippen LogP contribution is 2.32. The quantitative estimate of drug-likeness (QED) is 0.394. The molecule has 3 aromatic heterocycles. The molecule has 33 heavy (non-hydrogen) atoms. The SMILES string of the molecule is Fc1ccc(-c2nc(C3OCCCO3)[nH]c2-c2ccnc(NCCCn3ccnc3)n2)cc1. The first-order valence-electron chi connectivity index (χ1n) is 10.9. The maximum absolute atomic E-state index is 13.5. The molecule has 1 fully saturated rings. The molecule has 0 spiro atoms. The Bertz CT molecular complexity index is 1170. The van der Waals surface area contributed by atoms with Gasteiger partial charge < -0.3 is 24.3 Å². The van der Waals surface area contributed by atoms with Gasteiger partial charge in [0.05, 0.1) is 36.6 Å². The predicted molar refractivity (Wildman–Crippen MR) is 120 cm³/mol. The minimum Gasteiger partial charge on any atom is -0.354 e. The Morgan fingerprint density at radius 2 is 1.94 bits per heavy atom. The molecule has 10 heteroatoms. The van der Waals surface area contributed by atoms with Gasteiger partial charge in [0.2, 0.25) is 12.2 Å². The molecule has 1 aliphatic heterocycles. The van der Waals surface area contributed by atoms with Gasteiger partial charge in [-0.05, 0) is 43.2 Å². The fourth-order valence-electron chi connectivity index (χ4n) is 3.61. The van der Waals surface area contributed by atoms with Gasteiger partial charge in [-0.1, -0.05) is 0 Å². The van der Waals surface area contributed by atoms with E-state index >= 15 is 0 Å². The molecule has 0 bridgehead atoms. The zero-order valence-corrected chi connectivity index (χ0v) is 17.9. The number of benzene rings is 1. The maximum Gasteiger partial charge on any atom is 0.223 e. The minimum atomic E-state index is -0.575. The molecule has 5 rings (SSSR count). The largest absolute Gasteiger partial charge is 0.354 e. The molecule has 0 radical (unpaired) electrons. The Balaban J connectivity index is 1.39. The first kappa shape index (κ1) is 21.2. The van der Waals surface area contributed by atoms with Gasteiger partial charge in [-0.25, -0.2) is 24.3 Å². The third-order valence-corrected chi connectivity index (χ3v) is 5.24. The van der Waals surface area contributed by atoms with E-state index in [4.69, 9.17) is 14.5 Å². The third-order valence-electron chi connectivity index (χ3n) is 5.24. The molecule has 0 saturated carbocycles. The summed E-state index contributed by atoms with van der Waals surface area (Å²) < 4.78 is 27.0. The second-order valence-electron chi connectivity index (χ2n) is 7.63. The highest BCUT2D eigenvalue weighted by atomic mass is 19.1. The van der Waals surface area contributed by atoms with Crippen molar-refractivity contribution in [1.82, 2.24) is 29.5 Å². The van der Waals surface area contributed by atoms with Crippen molar-refractivity contribution in [2.45, 2.75) is 25.7 Å². The van der Waals surface area contributed by atoms with Crippen molar-refractivity contribution in [3.8, 4) is 22.6 Å². The lowest BCUT2D eigenvalue weighted by molar-refractivity contribution is -0.186. The van der Waals surface area contributed by atoms with Crippen LogP contribution in [-0.4, -0.2) is 49.2 Å². The number of imidazole rings is 2. The second-order valence-corrected chi connectivity index (χ2v) is 7.63. The van der Waals surface area contributed by atoms with Crippen LogP contribution in [0.15, 0.2) is 55.2 Å². The van der Waals surface area contributed by atoms with Crippen LogP contribution in [0.5, 0.6) is 0 Å². The minimum absolute atomic E-state index is 0.306. The molecule has 0 amide bonds. The number of hydrogen-bond acceptors (Lipinski definition) is 7. The van der Waals surface area contributed by atoms with E-state index in [0.29, 0.717) is 48.6 Å². The third kappa shape index (κ3) is 5.07. The number of ether oxygens (including phenoxy) is 2. The van der Waals surface area contributed by atoms with E-state index in [1.165, 1.54) is 12.1 Å². The van der Waals surface area contributed by atoms with Crippen molar-refractivity contribution in [1.29, 1.82) is 0 Å². The second kappa shape index (κ2) is 9.88. The van der Waals surface area contributed by atoms with E-state index in [0.717, 1.165) is 24.9 Å². The summed E-state index contributed by atoms with van der Waals surface area (Å²) in [5.74, 6) is 0.765. The number of nitrogens with one attached hydrogen (secondary N) is 2. The van der Waals surface area contributed by atoms with Crippen LogP contribution in [0.2, 0.25) is 0 Å². The van der Waals surface area contributed by atoms with Gasteiger partial charge in [0.1, 0.15) is 5.82 Å². The Labute approximate surface area is 190 Å². The van der Waals surface area contributed by atoms with Crippen LogP contribution in [-0.2, 0) is 16.0 Å². The number of nitrogens with zero attached hydrogens (tertiary/aromatic N) is 5. The zero-order valence-electron chi connectivity index (χ0n) is 17.9. The topological polar surface area (TPSA) is 103 Å². The number of hydrogen-bond donors (Lipinski definition) is 2. The molecular weight excluding hydrogens is 425 g/mol. The van der Waals surface area contributed by atoms with Gasteiger partial charge >= 0.3 is 0 Å². The molecular formula is C23H24FN7O2. The van der Waals surface area contributed by atoms with E-state index < -0.39 is 6.29 Å². The number of rotatable bonds is 8. The smallest absolute Gasteiger partial charge is 0.223 e. The van der Waals surface area contributed by atoms with Gasteiger partial charge in [0.15, 0.2) is 5.82 Å². The molecule has 1 saturated heterocycles. The Morgan fingerprint density at radius 3 is 2.73 bits per heavy atom. The summed E-state index contributed by atoms with van der Waals surface area (Å²) in [6, 6.07) is 8.02. The fraction of sp³-hybridized carbons (Fsp3) is 0.304. The van der Waals surface area contributed by atoms with E-state index in [1.54, 1.807) is 30.9 Å². The lowest BCUT2D eigenvalue weighted by Gasteiger charge is -2.21. The van der Waals surface area contributed by atoms with Gasteiger partial charge in [-0.3, -0.25) is 0 Å². The molecule has 1 aromatic carbocycles. The van der Waals surface area contributed by atoms with Crippen molar-refractivity contribution >= 4 is 5.95 Å². The van der Waals surface area contributed by atoms with E-state index in [2.05, 4.69) is 25.3 Å². The summed E-state index contributed by atoms with van der Waals surface area (Å²) in [4.78, 5) is 21.1. The standard InChI is InChI=1S/C23H24FN7O2/c24-17-5-3-16(4-6-17)19-20(30-21(29-19)22-32-13-2-14-33-22)18-7-9-27-23(28-18)26-8-1-11-31-12-10-25-15-31/h3-7,9-10,12,15,22H,1-2,8,11,13-14H2,(H,29,30)(H,26,27,28). The summed E-state index contributed by atoms with van der Waals surface area (Å²) in [6.45, 7) is 2.78. The van der Waals surface area contributed by atoms with Crippen molar-refractivity contribution in [2.75, 3.05) is 25.1 Å². The molecule has 0 unspecified atom stereocenters. The molecule has 2 N–H and O–H groups in total. The summed E-state index contributed by atoms with van der Waals surface area (Å²) in [7, 11) is 0. The molecule has 4 aromatic rings. The summed E-state index contributed by atoms with van der Waals surface area (Å²) >= 11 is 0. The van der Waals surface area contributed by atoms with Gasteiger partial charge in [0, 0.05) is 37.2 Å². The first-order chi connectivity index (χ1) is 16.3. The monoisotopic (exact) mass is 449 g/mol. The summed E-state index contributed by atoms with van der Waals surface area (Å²) in [5, 5.41) is 3.26. The van der Waals surface area contributed by atoms with Crippen molar-refractivity contribution in [3.63, 3.8) is 0 Å². The molecule has 9 nitrogen and oxygen atoms in total. The van der Waals surface area contributed by atoms with Gasteiger partial charge in [0.25, 0.3) is 0 Å². The Morgan fingerprint density at radius 1 is 1.09 bits per heavy atom. The molecule has 4 heterocycles. The molecule has 170 valence electrons. The molecule has 1 aliphatic rings. The fourth-order valence-corrected chi connectivity index (χ4v) is 3.61. The molecule has 0 aliphatic carbocycles. The number of aromatic nitrogens is 6. The van der Waals surface area contributed by atoms with E-state index in [-0.39, 0.29) is 5.82 Å². The summed E-state index contributed by atoms with van der Waals surface area (Å²) in [5.41, 5.74) is 2.76. The normalized spacial score (nSPS) is 14.5. The van der Waals surface area contributed by atoms with E-state index in [1.807, 2.05) is 16.8 Å². The Hall–Kier alpha value is -3.63. The average Bonchev–Trinajstić information content (AvgIpc) is 3.54. The van der Waals surface area contributed by atoms with Gasteiger partial charge in [-0.15, -0.1) is 0 Å². The van der Waals surface area contributed by atoms with E-state index in [9.17, 15) is 4.39 Å². The lowest BCUT2D eigenvalue weighted by atomic mass is 10.1. The van der Waals surface area contributed by atoms with Crippen LogP contribution in [0.3, 0.4) is 0 Å². The van der Waals surface area contributed by atoms with Crippen molar-refractivity contribution in [2.24, 2.45) is 0 Å². The van der Waals surface area contributed by atoms with Crippen LogP contribution in [0, 0.1) is 5.82 Å². The highest BCUT2D eigenvalue weighted by Gasteiger charge is 2.24.